The highest BCUT2D eigenvalue weighted by Gasteiger charge is 2.32. The molecule has 1 saturated heterocycles. The second kappa shape index (κ2) is 8.49. The van der Waals surface area contributed by atoms with Crippen molar-refractivity contribution in [2.75, 3.05) is 25.4 Å². The van der Waals surface area contributed by atoms with Crippen LogP contribution in [0.4, 0.5) is 5.69 Å². The van der Waals surface area contributed by atoms with Gasteiger partial charge >= 0.3 is 0 Å². The summed E-state index contributed by atoms with van der Waals surface area (Å²) in [4.78, 5) is 16.4. The third-order valence-electron chi connectivity index (χ3n) is 4.79. The van der Waals surface area contributed by atoms with Gasteiger partial charge in [0.05, 0.1) is 0 Å². The molecule has 1 aromatic carbocycles. The molecule has 1 aliphatic heterocycles. The minimum absolute atomic E-state index is 0.0103. The molecule has 144 valence electrons. The predicted molar refractivity (Wildman–Crippen MR) is 103 cm³/mol. The zero-order chi connectivity index (χ0) is 19.3. The fourth-order valence-electron chi connectivity index (χ4n) is 3.17. The Labute approximate surface area is 159 Å². The van der Waals surface area contributed by atoms with E-state index in [2.05, 4.69) is 10.3 Å². The van der Waals surface area contributed by atoms with E-state index in [0.29, 0.717) is 32.5 Å². The van der Waals surface area contributed by atoms with Crippen molar-refractivity contribution in [3.8, 4) is 0 Å². The van der Waals surface area contributed by atoms with Gasteiger partial charge in [-0.3, -0.25) is 9.78 Å². The highest BCUT2D eigenvalue weighted by Crippen LogP contribution is 2.23. The molecule has 2 aromatic rings. The Morgan fingerprint density at radius 3 is 2.52 bits per heavy atom. The van der Waals surface area contributed by atoms with Gasteiger partial charge in [0.15, 0.2) is 0 Å². The average Bonchev–Trinajstić information content (AvgIpc) is 2.70. The molecule has 1 fully saturated rings. The highest BCUT2D eigenvalue weighted by atomic mass is 32.2. The molecule has 1 amide bonds. The number of aromatic nitrogens is 1. The normalized spacial score (nSPS) is 16.1. The van der Waals surface area contributed by atoms with Gasteiger partial charge in [-0.1, -0.05) is 12.1 Å². The van der Waals surface area contributed by atoms with Crippen LogP contribution in [0.25, 0.3) is 0 Å². The zero-order valence-corrected chi connectivity index (χ0v) is 15.9. The monoisotopic (exact) mass is 388 g/mol. The van der Waals surface area contributed by atoms with Crippen molar-refractivity contribution in [3.05, 3.63) is 54.4 Å². The fourth-order valence-corrected chi connectivity index (χ4v) is 4.60. The first-order chi connectivity index (χ1) is 13.0. The lowest BCUT2D eigenvalue weighted by molar-refractivity contribution is -0.126. The molecule has 3 N–H and O–H groups in total. The van der Waals surface area contributed by atoms with Crippen LogP contribution in [-0.4, -0.2) is 43.2 Å². The zero-order valence-electron chi connectivity index (χ0n) is 15.0. The van der Waals surface area contributed by atoms with Crippen LogP contribution in [0, 0.1) is 5.92 Å². The van der Waals surface area contributed by atoms with Crippen molar-refractivity contribution in [3.63, 3.8) is 0 Å². The van der Waals surface area contributed by atoms with E-state index < -0.39 is 10.0 Å². The van der Waals surface area contributed by atoms with E-state index in [1.807, 2.05) is 24.3 Å². The quantitative estimate of drug-likeness (QED) is 0.728. The smallest absolute Gasteiger partial charge is 0.244 e. The second-order valence-electron chi connectivity index (χ2n) is 6.65. The lowest BCUT2D eigenvalue weighted by atomic mass is 9.97. The van der Waals surface area contributed by atoms with Gasteiger partial charge in [-0.25, -0.2) is 8.42 Å². The number of anilines is 1. The SMILES string of the molecule is Nc1ccc(CCNC(=O)C2CCN(S(=O)(=O)c3cccnc3)CC2)cc1. The van der Waals surface area contributed by atoms with Crippen LogP contribution in [0.2, 0.25) is 0 Å². The molecule has 8 heteroatoms. The second-order valence-corrected chi connectivity index (χ2v) is 8.59. The van der Waals surface area contributed by atoms with Gasteiger partial charge in [0.25, 0.3) is 0 Å². The van der Waals surface area contributed by atoms with Crippen LogP contribution in [0.3, 0.4) is 0 Å². The van der Waals surface area contributed by atoms with Crippen molar-refractivity contribution in [2.45, 2.75) is 24.2 Å². The van der Waals surface area contributed by atoms with Crippen LogP contribution < -0.4 is 11.1 Å². The first kappa shape index (κ1) is 19.3. The van der Waals surface area contributed by atoms with Crippen molar-refractivity contribution in [2.24, 2.45) is 5.92 Å². The molecule has 0 aliphatic carbocycles. The molecule has 1 aliphatic rings. The third kappa shape index (κ3) is 4.84. The minimum atomic E-state index is -3.54. The van der Waals surface area contributed by atoms with Crippen molar-refractivity contribution >= 4 is 21.6 Å². The first-order valence-corrected chi connectivity index (χ1v) is 10.4. The lowest BCUT2D eigenvalue weighted by Crippen LogP contribution is -2.43. The van der Waals surface area contributed by atoms with Gasteiger partial charge in [-0.05, 0) is 49.1 Å². The van der Waals surface area contributed by atoms with E-state index in [-0.39, 0.29) is 16.7 Å². The van der Waals surface area contributed by atoms with E-state index in [1.54, 1.807) is 18.3 Å². The number of nitrogens with zero attached hydrogens (tertiary/aromatic N) is 2. The van der Waals surface area contributed by atoms with Gasteiger partial charge in [0.2, 0.25) is 15.9 Å². The van der Waals surface area contributed by atoms with Crippen LogP contribution in [0.5, 0.6) is 0 Å². The summed E-state index contributed by atoms with van der Waals surface area (Å²) in [7, 11) is -3.54. The van der Waals surface area contributed by atoms with E-state index in [1.165, 1.54) is 10.5 Å². The van der Waals surface area contributed by atoms with Gasteiger partial charge < -0.3 is 11.1 Å². The maximum Gasteiger partial charge on any atom is 0.244 e. The molecule has 0 unspecified atom stereocenters. The Morgan fingerprint density at radius 1 is 1.19 bits per heavy atom. The fraction of sp³-hybridized carbons (Fsp3) is 0.368. The standard InChI is InChI=1S/C19H24N4O3S/c20-17-5-3-15(4-6-17)7-11-22-19(24)16-8-12-23(13-9-16)27(25,26)18-2-1-10-21-14-18/h1-6,10,14,16H,7-9,11-13,20H2,(H,22,24). The van der Waals surface area contributed by atoms with E-state index in [0.717, 1.165) is 17.7 Å². The summed E-state index contributed by atoms with van der Waals surface area (Å²) >= 11 is 0. The number of nitrogen functional groups attached to an aromatic ring is 1. The van der Waals surface area contributed by atoms with Gasteiger partial charge in [-0.15, -0.1) is 0 Å². The molecule has 3 rings (SSSR count). The highest BCUT2D eigenvalue weighted by molar-refractivity contribution is 7.89. The summed E-state index contributed by atoms with van der Waals surface area (Å²) in [6.45, 7) is 1.23. The minimum Gasteiger partial charge on any atom is -0.399 e. The van der Waals surface area contributed by atoms with Crippen LogP contribution in [-0.2, 0) is 21.2 Å². The largest absolute Gasteiger partial charge is 0.399 e. The third-order valence-corrected chi connectivity index (χ3v) is 6.67. The predicted octanol–water partition coefficient (Wildman–Crippen LogP) is 1.42. The topological polar surface area (TPSA) is 105 Å². The maximum atomic E-state index is 12.6. The maximum absolute atomic E-state index is 12.6. The number of hydrogen-bond donors (Lipinski definition) is 2. The number of sulfonamides is 1. The van der Waals surface area contributed by atoms with Crippen LogP contribution in [0.15, 0.2) is 53.7 Å². The molecule has 1 aromatic heterocycles. The molecular weight excluding hydrogens is 364 g/mol. The lowest BCUT2D eigenvalue weighted by Gasteiger charge is -2.30. The molecule has 0 spiro atoms. The van der Waals surface area contributed by atoms with Gasteiger partial charge in [0, 0.05) is 43.6 Å². The van der Waals surface area contributed by atoms with Gasteiger partial charge in [0.1, 0.15) is 4.90 Å². The van der Waals surface area contributed by atoms with Crippen molar-refractivity contribution < 1.29 is 13.2 Å². The number of piperidine rings is 1. The molecule has 0 saturated carbocycles. The van der Waals surface area contributed by atoms with Crippen LogP contribution in [0.1, 0.15) is 18.4 Å². The first-order valence-electron chi connectivity index (χ1n) is 8.99. The van der Waals surface area contributed by atoms with Crippen LogP contribution >= 0.6 is 0 Å². The number of pyridine rings is 1. The van der Waals surface area contributed by atoms with E-state index >= 15 is 0 Å². The van der Waals surface area contributed by atoms with Crippen molar-refractivity contribution in [1.82, 2.24) is 14.6 Å². The molecule has 0 bridgehead atoms. The Hall–Kier alpha value is -2.45. The number of hydrogen-bond acceptors (Lipinski definition) is 5. The Balaban J connectivity index is 1.47. The number of nitrogens with one attached hydrogen (secondary N) is 1. The molecule has 27 heavy (non-hydrogen) atoms. The number of carbonyl (C=O) groups excluding carboxylic acids is 1. The van der Waals surface area contributed by atoms with E-state index in [4.69, 9.17) is 5.73 Å². The summed E-state index contributed by atoms with van der Waals surface area (Å²) < 4.78 is 26.6. The molecule has 0 atom stereocenters. The number of rotatable bonds is 6. The van der Waals surface area contributed by atoms with Crippen molar-refractivity contribution in [1.29, 1.82) is 0 Å². The summed E-state index contributed by atoms with van der Waals surface area (Å²) in [6, 6.07) is 10.7. The number of nitrogens with two attached hydrogens (primary N) is 1. The number of amides is 1. The number of benzene rings is 1. The summed E-state index contributed by atoms with van der Waals surface area (Å²) in [5.74, 6) is -0.166. The Morgan fingerprint density at radius 2 is 1.89 bits per heavy atom. The molecule has 2 heterocycles. The summed E-state index contributed by atoms with van der Waals surface area (Å²) in [6.07, 6.45) is 4.67. The molecule has 7 nitrogen and oxygen atoms in total. The van der Waals surface area contributed by atoms with Gasteiger partial charge in [-0.2, -0.15) is 4.31 Å². The Bertz CT molecular complexity index is 862. The molecule has 0 radical (unpaired) electrons. The Kier molecular flexibility index (Phi) is 6.08. The summed E-state index contributed by atoms with van der Waals surface area (Å²) in [5.41, 5.74) is 7.49. The average molecular weight is 388 g/mol. The van der Waals surface area contributed by atoms with E-state index in [9.17, 15) is 13.2 Å². The number of carbonyl (C=O) groups is 1. The summed E-state index contributed by atoms with van der Waals surface area (Å²) in [5, 5.41) is 2.95. The molecular formula is C19H24N4O3S.